The van der Waals surface area contributed by atoms with Gasteiger partial charge < -0.3 is 0 Å². The van der Waals surface area contributed by atoms with Crippen molar-refractivity contribution in [1.82, 2.24) is 0 Å². The molecule has 0 radical (unpaired) electrons. The summed E-state index contributed by atoms with van der Waals surface area (Å²) in [6, 6.07) is 8.34. The van der Waals surface area contributed by atoms with Crippen molar-refractivity contribution in [3.05, 3.63) is 50.8 Å². The number of rotatable bonds is 2. The highest BCUT2D eigenvalue weighted by atomic mass is 79.9. The zero-order chi connectivity index (χ0) is 17.8. The lowest BCUT2D eigenvalue weighted by Crippen LogP contribution is -2.44. The number of aliphatic imine (C=N–C) groups is 1. The van der Waals surface area contributed by atoms with E-state index in [0.717, 1.165) is 10.4 Å². The van der Waals surface area contributed by atoms with Crippen LogP contribution in [0.5, 0.6) is 0 Å². The first-order chi connectivity index (χ1) is 11.0. The van der Waals surface area contributed by atoms with Gasteiger partial charge in [0.05, 0.1) is 8.07 Å². The molecule has 0 fully saturated rings. The van der Waals surface area contributed by atoms with Crippen molar-refractivity contribution in [2.75, 3.05) is 0 Å². The smallest absolute Gasteiger partial charge is 0.270 e. The number of thiophene rings is 1. The highest BCUT2D eigenvalue weighted by molar-refractivity contribution is 9.10. The molecular weight excluding hydrogens is 415 g/mol. The maximum absolute atomic E-state index is 14.0. The summed E-state index contributed by atoms with van der Waals surface area (Å²) in [6.45, 7) is 6.60. The molecule has 1 aliphatic rings. The summed E-state index contributed by atoms with van der Waals surface area (Å²) < 4.78 is 43.9. The molecule has 0 N–H and O–H groups in total. The van der Waals surface area contributed by atoms with Crippen LogP contribution in [-0.4, -0.2) is 20.5 Å². The first-order valence-electron chi connectivity index (χ1n) is 7.54. The number of benzene rings is 1. The Balaban J connectivity index is 2.13. The first-order valence-corrected chi connectivity index (χ1v) is 12.6. The van der Waals surface area contributed by atoms with E-state index in [1.807, 2.05) is 6.07 Å². The van der Waals surface area contributed by atoms with Gasteiger partial charge in [-0.05, 0) is 33.8 Å². The fraction of sp³-hybridized carbons (Fsp3) is 0.353. The molecule has 1 nitrogen and oxygen atoms in total. The molecule has 0 saturated carbocycles. The maximum atomic E-state index is 14.0. The summed E-state index contributed by atoms with van der Waals surface area (Å²) in [5.41, 5.74) is -1.28. The normalized spacial score (nSPS) is 21.0. The second kappa shape index (κ2) is 5.81. The van der Waals surface area contributed by atoms with E-state index in [0.29, 0.717) is 4.47 Å². The maximum Gasteiger partial charge on any atom is 0.418 e. The van der Waals surface area contributed by atoms with E-state index in [9.17, 15) is 13.2 Å². The SMILES string of the molecule is C[Si](C)(C)c1cc2c(s1)C=NC(c1cccc(Br)c1)(C(F)(F)F)C2. The summed E-state index contributed by atoms with van der Waals surface area (Å²) in [7, 11) is -1.56. The molecule has 0 saturated heterocycles. The van der Waals surface area contributed by atoms with Crippen LogP contribution in [0.2, 0.25) is 19.6 Å². The van der Waals surface area contributed by atoms with Crippen LogP contribution in [-0.2, 0) is 12.0 Å². The highest BCUT2D eigenvalue weighted by Crippen LogP contribution is 2.47. The third kappa shape index (κ3) is 3.02. The summed E-state index contributed by atoms with van der Waals surface area (Å²) in [4.78, 5) is 4.90. The fourth-order valence-electron chi connectivity index (χ4n) is 2.81. The van der Waals surface area contributed by atoms with Crippen LogP contribution in [0.15, 0.2) is 39.8 Å². The lowest BCUT2D eigenvalue weighted by atomic mass is 9.82. The molecule has 24 heavy (non-hydrogen) atoms. The number of halogens is 4. The monoisotopic (exact) mass is 431 g/mol. The molecule has 1 atom stereocenters. The second-order valence-corrected chi connectivity index (χ2v) is 14.5. The van der Waals surface area contributed by atoms with Crippen molar-refractivity contribution < 1.29 is 13.2 Å². The van der Waals surface area contributed by atoms with Crippen LogP contribution in [0.25, 0.3) is 0 Å². The second-order valence-electron chi connectivity index (χ2n) is 7.05. The predicted molar refractivity (Wildman–Crippen MR) is 100 cm³/mol. The summed E-state index contributed by atoms with van der Waals surface area (Å²) >= 11 is 4.86. The zero-order valence-corrected chi connectivity index (χ0v) is 16.9. The van der Waals surface area contributed by atoms with Gasteiger partial charge in [0.25, 0.3) is 0 Å². The van der Waals surface area contributed by atoms with Gasteiger partial charge in [-0.3, -0.25) is 4.99 Å². The van der Waals surface area contributed by atoms with Crippen LogP contribution >= 0.6 is 27.3 Å². The van der Waals surface area contributed by atoms with Crippen LogP contribution in [0, 0.1) is 0 Å². The molecule has 1 unspecified atom stereocenters. The quantitative estimate of drug-likeness (QED) is 0.557. The summed E-state index contributed by atoms with van der Waals surface area (Å²) in [6.07, 6.45) is -3.18. The van der Waals surface area contributed by atoms with Gasteiger partial charge in [0, 0.05) is 22.0 Å². The van der Waals surface area contributed by atoms with E-state index >= 15 is 0 Å². The van der Waals surface area contributed by atoms with Crippen LogP contribution in [0.3, 0.4) is 0 Å². The molecular formula is C17H17BrF3NSSi. The lowest BCUT2D eigenvalue weighted by Gasteiger charge is -2.34. The molecule has 0 amide bonds. The van der Waals surface area contributed by atoms with Gasteiger partial charge in [-0.25, -0.2) is 0 Å². The molecule has 0 aliphatic carbocycles. The topological polar surface area (TPSA) is 12.4 Å². The fourth-order valence-corrected chi connectivity index (χ4v) is 6.18. The molecule has 128 valence electrons. The minimum atomic E-state index is -4.46. The Hall–Kier alpha value is -0.923. The van der Waals surface area contributed by atoms with Gasteiger partial charge >= 0.3 is 6.18 Å². The molecule has 1 aromatic carbocycles. The van der Waals surface area contributed by atoms with E-state index in [1.165, 1.54) is 22.8 Å². The Bertz CT molecular complexity index is 807. The standard InChI is InChI=1S/C17H17BrF3NSSi/c1-24(2,3)15-7-11-9-16(17(19,20)21,22-10-14(11)23-15)12-5-4-6-13(18)8-12/h4-8,10H,9H2,1-3H3. The molecule has 0 spiro atoms. The number of hydrogen-bond acceptors (Lipinski definition) is 2. The Morgan fingerprint density at radius 1 is 1.21 bits per heavy atom. The van der Waals surface area contributed by atoms with Crippen molar-refractivity contribution in [3.63, 3.8) is 0 Å². The molecule has 2 aromatic rings. The molecule has 0 bridgehead atoms. The Morgan fingerprint density at radius 2 is 1.92 bits per heavy atom. The Labute approximate surface area is 152 Å². The molecule has 3 rings (SSSR count). The van der Waals surface area contributed by atoms with E-state index < -0.39 is 19.8 Å². The molecule has 2 heterocycles. The number of hydrogen-bond donors (Lipinski definition) is 0. The summed E-state index contributed by atoms with van der Waals surface area (Å²) in [5.74, 6) is 0. The number of nitrogens with zero attached hydrogens (tertiary/aromatic N) is 1. The minimum Gasteiger partial charge on any atom is -0.270 e. The van der Waals surface area contributed by atoms with Crippen LogP contribution < -0.4 is 4.50 Å². The van der Waals surface area contributed by atoms with Gasteiger partial charge in [0.15, 0.2) is 5.54 Å². The average molecular weight is 432 g/mol. The van der Waals surface area contributed by atoms with E-state index in [-0.39, 0.29) is 12.0 Å². The number of alkyl halides is 3. The number of fused-ring (bicyclic) bond motifs is 1. The highest BCUT2D eigenvalue weighted by Gasteiger charge is 2.57. The van der Waals surface area contributed by atoms with Crippen molar-refractivity contribution in [2.24, 2.45) is 4.99 Å². The van der Waals surface area contributed by atoms with Gasteiger partial charge in [0.1, 0.15) is 0 Å². The van der Waals surface area contributed by atoms with Crippen molar-refractivity contribution >= 4 is 46.1 Å². The van der Waals surface area contributed by atoms with Gasteiger partial charge in [-0.1, -0.05) is 47.7 Å². The summed E-state index contributed by atoms with van der Waals surface area (Å²) in [5, 5.41) is 0. The first kappa shape index (κ1) is 17.9. The third-order valence-electron chi connectivity index (χ3n) is 4.20. The van der Waals surface area contributed by atoms with Crippen molar-refractivity contribution in [1.29, 1.82) is 0 Å². The van der Waals surface area contributed by atoms with Crippen LogP contribution in [0.1, 0.15) is 16.0 Å². The third-order valence-corrected chi connectivity index (χ3v) is 9.39. The van der Waals surface area contributed by atoms with E-state index in [1.54, 1.807) is 23.5 Å². The van der Waals surface area contributed by atoms with Crippen molar-refractivity contribution in [2.45, 2.75) is 37.8 Å². The van der Waals surface area contributed by atoms with E-state index in [2.05, 4.69) is 40.6 Å². The van der Waals surface area contributed by atoms with Gasteiger partial charge in [-0.2, -0.15) is 13.2 Å². The predicted octanol–water partition coefficient (Wildman–Crippen LogP) is 5.49. The molecule has 1 aromatic heterocycles. The molecule has 7 heteroatoms. The lowest BCUT2D eigenvalue weighted by molar-refractivity contribution is -0.188. The van der Waals surface area contributed by atoms with Crippen molar-refractivity contribution in [3.8, 4) is 0 Å². The molecule has 1 aliphatic heterocycles. The van der Waals surface area contributed by atoms with E-state index in [4.69, 9.17) is 0 Å². The zero-order valence-electron chi connectivity index (χ0n) is 13.5. The largest absolute Gasteiger partial charge is 0.418 e. The van der Waals surface area contributed by atoms with Crippen LogP contribution in [0.4, 0.5) is 13.2 Å². The Kier molecular flexibility index (Phi) is 4.33. The van der Waals surface area contributed by atoms with Gasteiger partial charge in [-0.15, -0.1) is 11.3 Å². The average Bonchev–Trinajstić information content (AvgIpc) is 2.88. The Morgan fingerprint density at radius 3 is 2.50 bits per heavy atom. The minimum absolute atomic E-state index is 0.139. The van der Waals surface area contributed by atoms with Gasteiger partial charge in [0.2, 0.25) is 0 Å².